The SMILES string of the molecule is CO[C@H](CNC(=O)C(=O)NC1CC1)c1ccsc1. The Morgan fingerprint density at radius 3 is 2.83 bits per heavy atom. The number of hydrogen-bond acceptors (Lipinski definition) is 4. The lowest BCUT2D eigenvalue weighted by Crippen LogP contribution is -2.42. The second kappa shape index (κ2) is 5.97. The highest BCUT2D eigenvalue weighted by atomic mass is 32.1. The zero-order chi connectivity index (χ0) is 13.0. The van der Waals surface area contributed by atoms with Crippen LogP contribution in [0.15, 0.2) is 16.8 Å². The van der Waals surface area contributed by atoms with Crippen LogP contribution in [0.3, 0.4) is 0 Å². The van der Waals surface area contributed by atoms with Crippen LogP contribution in [0.1, 0.15) is 24.5 Å². The summed E-state index contributed by atoms with van der Waals surface area (Å²) in [6, 6.07) is 2.13. The number of hydrogen-bond donors (Lipinski definition) is 2. The van der Waals surface area contributed by atoms with Gasteiger partial charge in [0, 0.05) is 19.7 Å². The molecule has 1 saturated carbocycles. The molecule has 0 unspecified atom stereocenters. The lowest BCUT2D eigenvalue weighted by atomic mass is 10.2. The minimum absolute atomic E-state index is 0.193. The van der Waals surface area contributed by atoms with Crippen LogP contribution in [0, 0.1) is 0 Å². The lowest BCUT2D eigenvalue weighted by molar-refractivity contribution is -0.139. The number of rotatable bonds is 5. The molecule has 0 aliphatic heterocycles. The van der Waals surface area contributed by atoms with Crippen molar-refractivity contribution in [1.82, 2.24) is 10.6 Å². The van der Waals surface area contributed by atoms with Gasteiger partial charge >= 0.3 is 11.8 Å². The van der Waals surface area contributed by atoms with Crippen LogP contribution in [0.25, 0.3) is 0 Å². The molecular weight excluding hydrogens is 252 g/mol. The van der Waals surface area contributed by atoms with E-state index < -0.39 is 11.8 Å². The Morgan fingerprint density at radius 2 is 2.28 bits per heavy atom. The van der Waals surface area contributed by atoms with Crippen LogP contribution in [-0.4, -0.2) is 31.5 Å². The second-order valence-electron chi connectivity index (χ2n) is 4.24. The minimum atomic E-state index is -0.598. The molecule has 1 aromatic rings. The van der Waals surface area contributed by atoms with Crippen LogP contribution >= 0.6 is 11.3 Å². The molecular formula is C12H16N2O3S. The third kappa shape index (κ3) is 3.54. The van der Waals surface area contributed by atoms with Gasteiger partial charge in [0.1, 0.15) is 6.10 Å². The van der Waals surface area contributed by atoms with E-state index in [9.17, 15) is 9.59 Å². The van der Waals surface area contributed by atoms with Crippen molar-refractivity contribution in [1.29, 1.82) is 0 Å². The van der Waals surface area contributed by atoms with Crippen LogP contribution in [0.4, 0.5) is 0 Å². The Morgan fingerprint density at radius 1 is 1.50 bits per heavy atom. The van der Waals surface area contributed by atoms with Gasteiger partial charge in [-0.05, 0) is 35.2 Å². The van der Waals surface area contributed by atoms with Crippen molar-refractivity contribution in [2.24, 2.45) is 0 Å². The largest absolute Gasteiger partial charge is 0.375 e. The Balaban J connectivity index is 1.78. The highest BCUT2D eigenvalue weighted by Gasteiger charge is 2.26. The van der Waals surface area contributed by atoms with Crippen molar-refractivity contribution >= 4 is 23.2 Å². The molecule has 5 nitrogen and oxygen atoms in total. The first kappa shape index (κ1) is 13.0. The molecule has 0 radical (unpaired) electrons. The quantitative estimate of drug-likeness (QED) is 0.777. The first-order valence-electron chi connectivity index (χ1n) is 5.84. The van der Waals surface area contributed by atoms with Crippen molar-refractivity contribution < 1.29 is 14.3 Å². The maximum atomic E-state index is 11.5. The standard InChI is InChI=1S/C12H16N2O3S/c1-17-10(8-4-5-18-7-8)6-13-11(15)12(16)14-9-2-3-9/h4-5,7,9-10H,2-3,6H2,1H3,(H,13,15)(H,14,16)/t10-/m1/s1. The third-order valence-corrected chi connectivity index (χ3v) is 3.47. The molecule has 98 valence electrons. The normalized spacial score (nSPS) is 16.1. The summed E-state index contributed by atoms with van der Waals surface area (Å²) in [7, 11) is 1.58. The predicted molar refractivity (Wildman–Crippen MR) is 68.2 cm³/mol. The van der Waals surface area contributed by atoms with Gasteiger partial charge in [0.25, 0.3) is 0 Å². The average molecular weight is 268 g/mol. The van der Waals surface area contributed by atoms with Crippen molar-refractivity contribution in [2.75, 3.05) is 13.7 Å². The molecule has 2 rings (SSSR count). The zero-order valence-electron chi connectivity index (χ0n) is 10.1. The van der Waals surface area contributed by atoms with Gasteiger partial charge in [-0.15, -0.1) is 0 Å². The number of nitrogens with one attached hydrogen (secondary N) is 2. The molecule has 0 spiro atoms. The summed E-state index contributed by atoms with van der Waals surface area (Å²) in [5, 5.41) is 9.13. The Hall–Kier alpha value is -1.40. The smallest absolute Gasteiger partial charge is 0.309 e. The van der Waals surface area contributed by atoms with E-state index in [2.05, 4.69) is 10.6 Å². The van der Waals surface area contributed by atoms with E-state index >= 15 is 0 Å². The monoisotopic (exact) mass is 268 g/mol. The molecule has 0 bridgehead atoms. The number of methoxy groups -OCH3 is 1. The molecule has 1 aromatic heterocycles. The predicted octanol–water partition coefficient (Wildman–Crippen LogP) is 0.830. The van der Waals surface area contributed by atoms with Crippen LogP contribution in [0.5, 0.6) is 0 Å². The molecule has 1 aliphatic carbocycles. The summed E-state index contributed by atoms with van der Waals surface area (Å²) in [6.45, 7) is 0.296. The lowest BCUT2D eigenvalue weighted by Gasteiger charge is -2.14. The highest BCUT2D eigenvalue weighted by molar-refractivity contribution is 7.07. The van der Waals surface area contributed by atoms with Gasteiger partial charge in [0.15, 0.2) is 0 Å². The average Bonchev–Trinajstić information content (AvgIpc) is 3.02. The topological polar surface area (TPSA) is 67.4 Å². The van der Waals surface area contributed by atoms with Gasteiger partial charge in [-0.1, -0.05) is 0 Å². The number of ether oxygens (including phenoxy) is 1. The highest BCUT2D eigenvalue weighted by Crippen LogP contribution is 2.19. The van der Waals surface area contributed by atoms with Gasteiger partial charge < -0.3 is 15.4 Å². The maximum absolute atomic E-state index is 11.5. The molecule has 18 heavy (non-hydrogen) atoms. The first-order chi connectivity index (χ1) is 8.70. The van der Waals surface area contributed by atoms with E-state index in [0.717, 1.165) is 18.4 Å². The summed E-state index contributed by atoms with van der Waals surface area (Å²) in [5.74, 6) is -1.16. The molecule has 6 heteroatoms. The molecule has 2 N–H and O–H groups in total. The fourth-order valence-corrected chi connectivity index (χ4v) is 2.24. The van der Waals surface area contributed by atoms with E-state index in [-0.39, 0.29) is 12.1 Å². The van der Waals surface area contributed by atoms with Gasteiger partial charge in [-0.25, -0.2) is 0 Å². The van der Waals surface area contributed by atoms with Crippen molar-refractivity contribution in [3.8, 4) is 0 Å². The Labute approximate surface area is 110 Å². The minimum Gasteiger partial charge on any atom is -0.375 e. The summed E-state index contributed by atoms with van der Waals surface area (Å²) < 4.78 is 5.28. The number of carbonyl (C=O) groups excluding carboxylic acids is 2. The van der Waals surface area contributed by atoms with E-state index in [1.807, 2.05) is 16.8 Å². The van der Waals surface area contributed by atoms with Crippen LogP contribution < -0.4 is 10.6 Å². The van der Waals surface area contributed by atoms with E-state index in [1.165, 1.54) is 0 Å². The molecule has 0 aromatic carbocycles. The summed E-state index contributed by atoms with van der Waals surface area (Å²) in [4.78, 5) is 22.9. The summed E-state index contributed by atoms with van der Waals surface area (Å²) in [5.41, 5.74) is 1.01. The van der Waals surface area contributed by atoms with E-state index in [4.69, 9.17) is 4.74 Å². The fraction of sp³-hybridized carbons (Fsp3) is 0.500. The van der Waals surface area contributed by atoms with Gasteiger partial charge in [-0.3, -0.25) is 9.59 Å². The fourth-order valence-electron chi connectivity index (χ4n) is 1.54. The maximum Gasteiger partial charge on any atom is 0.309 e. The van der Waals surface area contributed by atoms with E-state index in [0.29, 0.717) is 6.54 Å². The molecule has 1 aliphatic rings. The number of carbonyl (C=O) groups is 2. The zero-order valence-corrected chi connectivity index (χ0v) is 11.0. The third-order valence-electron chi connectivity index (χ3n) is 2.77. The van der Waals surface area contributed by atoms with E-state index in [1.54, 1.807) is 18.4 Å². The molecule has 1 fully saturated rings. The van der Waals surface area contributed by atoms with Crippen molar-refractivity contribution in [2.45, 2.75) is 25.0 Å². The molecule has 1 atom stereocenters. The Bertz CT molecular complexity index is 415. The Kier molecular flexibility index (Phi) is 4.33. The second-order valence-corrected chi connectivity index (χ2v) is 5.02. The van der Waals surface area contributed by atoms with Crippen LogP contribution in [-0.2, 0) is 14.3 Å². The molecule has 1 heterocycles. The molecule has 2 amide bonds. The van der Waals surface area contributed by atoms with Gasteiger partial charge in [0.05, 0.1) is 0 Å². The van der Waals surface area contributed by atoms with Gasteiger partial charge in [-0.2, -0.15) is 11.3 Å². The van der Waals surface area contributed by atoms with Gasteiger partial charge in [0.2, 0.25) is 0 Å². The summed E-state index contributed by atoms with van der Waals surface area (Å²) in [6.07, 6.45) is 1.72. The van der Waals surface area contributed by atoms with Crippen molar-refractivity contribution in [3.05, 3.63) is 22.4 Å². The number of thiophene rings is 1. The number of amides is 2. The van der Waals surface area contributed by atoms with Crippen molar-refractivity contribution in [3.63, 3.8) is 0 Å². The summed E-state index contributed by atoms with van der Waals surface area (Å²) >= 11 is 1.57. The molecule has 0 saturated heterocycles. The first-order valence-corrected chi connectivity index (χ1v) is 6.78. The van der Waals surface area contributed by atoms with Crippen LogP contribution in [0.2, 0.25) is 0 Å².